The predicted octanol–water partition coefficient (Wildman–Crippen LogP) is 5.27. The number of rotatable bonds is 11. The van der Waals surface area contributed by atoms with E-state index in [1.54, 1.807) is 9.80 Å². The van der Waals surface area contributed by atoms with Gasteiger partial charge < -0.3 is 20.4 Å². The minimum absolute atomic E-state index is 0.117. The topological polar surface area (TPSA) is 81.8 Å². The van der Waals surface area contributed by atoms with E-state index in [4.69, 9.17) is 0 Å². The summed E-state index contributed by atoms with van der Waals surface area (Å²) in [4.78, 5) is 41.7. The lowest BCUT2D eigenvalue weighted by Crippen LogP contribution is -2.57. The predicted molar refractivity (Wildman–Crippen MR) is 133 cm³/mol. The van der Waals surface area contributed by atoms with Crippen LogP contribution < -0.4 is 10.6 Å². The Morgan fingerprint density at radius 1 is 0.917 bits per heavy atom. The molecule has 1 saturated heterocycles. The van der Waals surface area contributed by atoms with Crippen molar-refractivity contribution in [2.24, 2.45) is 5.92 Å². The zero-order chi connectivity index (χ0) is 26.7. The van der Waals surface area contributed by atoms with E-state index >= 15 is 0 Å². The minimum atomic E-state index is -4.46. The molecule has 0 radical (unpaired) electrons. The molecule has 1 aromatic carbocycles. The number of carbonyl (C=O) groups excluding carboxylic acids is 3. The van der Waals surface area contributed by atoms with Crippen molar-refractivity contribution in [1.82, 2.24) is 15.1 Å². The van der Waals surface area contributed by atoms with Crippen LogP contribution in [0.5, 0.6) is 0 Å². The van der Waals surface area contributed by atoms with E-state index in [1.807, 2.05) is 13.8 Å². The number of urea groups is 1. The van der Waals surface area contributed by atoms with Crippen molar-refractivity contribution in [1.29, 1.82) is 0 Å². The van der Waals surface area contributed by atoms with Gasteiger partial charge in [-0.2, -0.15) is 13.2 Å². The van der Waals surface area contributed by atoms with Crippen molar-refractivity contribution in [2.45, 2.75) is 77.9 Å². The van der Waals surface area contributed by atoms with Crippen LogP contribution in [-0.2, 0) is 15.8 Å². The first-order valence-electron chi connectivity index (χ1n) is 12.9. The van der Waals surface area contributed by atoms with Crippen molar-refractivity contribution in [2.75, 3.05) is 31.5 Å². The molecule has 0 aliphatic carbocycles. The smallest absolute Gasteiger partial charge is 0.339 e. The third-order valence-electron chi connectivity index (χ3n) is 6.67. The van der Waals surface area contributed by atoms with Gasteiger partial charge in [0.2, 0.25) is 11.8 Å². The fourth-order valence-corrected chi connectivity index (χ4v) is 4.14. The monoisotopic (exact) mass is 512 g/mol. The summed E-state index contributed by atoms with van der Waals surface area (Å²) in [6.45, 7) is 7.65. The van der Waals surface area contributed by atoms with Gasteiger partial charge in [0.25, 0.3) is 0 Å². The van der Waals surface area contributed by atoms with Gasteiger partial charge >= 0.3 is 12.2 Å². The summed E-state index contributed by atoms with van der Waals surface area (Å²) in [6.07, 6.45) is 2.13. The third kappa shape index (κ3) is 9.02. The Morgan fingerprint density at radius 3 is 2.06 bits per heavy atom. The quantitative estimate of drug-likeness (QED) is 0.396. The maximum absolute atomic E-state index is 13.2. The van der Waals surface area contributed by atoms with Crippen LogP contribution in [0, 0.1) is 5.92 Å². The maximum atomic E-state index is 13.2. The van der Waals surface area contributed by atoms with Crippen LogP contribution in [-0.4, -0.2) is 59.9 Å². The molecule has 1 aliphatic heterocycles. The number of hydrogen-bond acceptors (Lipinski definition) is 3. The summed E-state index contributed by atoms with van der Waals surface area (Å²) in [5.41, 5.74) is -0.618. The molecule has 2 atom stereocenters. The molecule has 4 amide bonds. The number of alkyl halides is 3. The van der Waals surface area contributed by atoms with E-state index in [9.17, 15) is 27.6 Å². The van der Waals surface area contributed by atoms with Gasteiger partial charge in [0.15, 0.2) is 0 Å². The molecule has 2 rings (SSSR count). The lowest BCUT2D eigenvalue weighted by Gasteiger charge is -2.37. The highest BCUT2D eigenvalue weighted by atomic mass is 19.4. The molecule has 36 heavy (non-hydrogen) atoms. The van der Waals surface area contributed by atoms with Gasteiger partial charge in [-0.15, -0.1) is 0 Å². The Bertz CT molecular complexity index is 853. The van der Waals surface area contributed by atoms with E-state index in [2.05, 4.69) is 17.6 Å². The second-order valence-electron chi connectivity index (χ2n) is 9.41. The van der Waals surface area contributed by atoms with E-state index in [0.29, 0.717) is 39.0 Å². The summed E-state index contributed by atoms with van der Waals surface area (Å²) >= 11 is 0. The van der Waals surface area contributed by atoms with Gasteiger partial charge in [0.1, 0.15) is 6.04 Å². The maximum Gasteiger partial charge on any atom is 0.416 e. The molecule has 0 aromatic heterocycles. The number of anilines is 1. The van der Waals surface area contributed by atoms with Crippen molar-refractivity contribution in [3.63, 3.8) is 0 Å². The lowest BCUT2D eigenvalue weighted by atomic mass is 9.97. The van der Waals surface area contributed by atoms with Gasteiger partial charge in [-0.1, -0.05) is 52.9 Å². The Kier molecular flexibility index (Phi) is 11.5. The van der Waals surface area contributed by atoms with Crippen LogP contribution in [0.15, 0.2) is 24.3 Å². The summed E-state index contributed by atoms with van der Waals surface area (Å²) in [7, 11) is 0. The van der Waals surface area contributed by atoms with Crippen molar-refractivity contribution < 1.29 is 27.6 Å². The van der Waals surface area contributed by atoms with E-state index < -0.39 is 23.8 Å². The molecule has 10 heteroatoms. The molecule has 2 N–H and O–H groups in total. The van der Waals surface area contributed by atoms with Crippen LogP contribution in [0.3, 0.4) is 0 Å². The number of nitrogens with one attached hydrogen (secondary N) is 2. The van der Waals surface area contributed by atoms with Gasteiger partial charge in [-0.3, -0.25) is 9.59 Å². The first-order chi connectivity index (χ1) is 17.1. The molecule has 202 valence electrons. The normalized spacial score (nSPS) is 15.8. The molecule has 0 saturated carbocycles. The zero-order valence-electron chi connectivity index (χ0n) is 21.5. The molecule has 1 aromatic rings. The highest BCUT2D eigenvalue weighted by Crippen LogP contribution is 2.29. The fourth-order valence-electron chi connectivity index (χ4n) is 4.14. The van der Waals surface area contributed by atoms with Gasteiger partial charge in [-0.05, 0) is 36.6 Å². The standard InChI is InChI=1S/C26H39F3N4O3/c1-4-6-7-8-9-10-22(34)32-15-17-33(18-16-32)24(35)23(19(3)5-2)31-25(36)30-21-13-11-20(12-14-21)26(27,28)29/h11-14,19,23H,4-10,15-18H2,1-3H3,(H2,30,31,36). The number of amides is 4. The van der Waals surface area contributed by atoms with Crippen molar-refractivity contribution >= 4 is 23.5 Å². The lowest BCUT2D eigenvalue weighted by molar-refractivity contribution is -0.141. The number of carbonyl (C=O) groups is 3. The summed E-state index contributed by atoms with van der Waals surface area (Å²) < 4.78 is 38.2. The molecule has 0 spiro atoms. The molecular formula is C26H39F3N4O3. The molecule has 1 fully saturated rings. The zero-order valence-corrected chi connectivity index (χ0v) is 21.5. The Hall–Kier alpha value is -2.78. The van der Waals surface area contributed by atoms with Gasteiger partial charge in [-0.25, -0.2) is 4.79 Å². The summed E-state index contributed by atoms with van der Waals surface area (Å²) in [5, 5.41) is 5.19. The molecule has 2 unspecified atom stereocenters. The Labute approximate surface area is 211 Å². The molecule has 1 heterocycles. The average Bonchev–Trinajstić information content (AvgIpc) is 2.86. The van der Waals surface area contributed by atoms with Crippen molar-refractivity contribution in [3.8, 4) is 0 Å². The molecule has 1 aliphatic rings. The van der Waals surface area contributed by atoms with Crippen LogP contribution >= 0.6 is 0 Å². The van der Waals surface area contributed by atoms with E-state index in [0.717, 1.165) is 37.8 Å². The highest BCUT2D eigenvalue weighted by Gasteiger charge is 2.33. The number of piperazine rings is 1. The average molecular weight is 513 g/mol. The number of nitrogens with zero attached hydrogens (tertiary/aromatic N) is 2. The number of halogens is 3. The first kappa shape index (κ1) is 29.5. The van der Waals surface area contributed by atoms with Crippen LogP contribution in [0.1, 0.15) is 71.3 Å². The molecule has 0 bridgehead atoms. The fraction of sp³-hybridized carbons (Fsp3) is 0.654. The Balaban J connectivity index is 1.89. The van der Waals surface area contributed by atoms with Gasteiger partial charge in [0, 0.05) is 38.3 Å². The van der Waals surface area contributed by atoms with E-state index in [-0.39, 0.29) is 23.4 Å². The van der Waals surface area contributed by atoms with Gasteiger partial charge in [0.05, 0.1) is 5.56 Å². The molecule has 7 nitrogen and oxygen atoms in total. The Morgan fingerprint density at radius 2 is 1.50 bits per heavy atom. The number of hydrogen-bond donors (Lipinski definition) is 2. The molecular weight excluding hydrogens is 473 g/mol. The second kappa shape index (κ2) is 14.1. The van der Waals surface area contributed by atoms with E-state index in [1.165, 1.54) is 18.6 Å². The van der Waals surface area contributed by atoms with Crippen molar-refractivity contribution in [3.05, 3.63) is 29.8 Å². The summed E-state index contributed by atoms with van der Waals surface area (Å²) in [5.74, 6) is -0.261. The highest BCUT2D eigenvalue weighted by molar-refractivity contribution is 5.94. The van der Waals surface area contributed by atoms with Crippen LogP contribution in [0.2, 0.25) is 0 Å². The first-order valence-corrected chi connectivity index (χ1v) is 12.9. The van der Waals surface area contributed by atoms with Crippen LogP contribution in [0.4, 0.5) is 23.7 Å². The second-order valence-corrected chi connectivity index (χ2v) is 9.41. The SMILES string of the molecule is CCCCCCCC(=O)N1CCN(C(=O)C(NC(=O)Nc2ccc(C(F)(F)F)cc2)C(C)CC)CC1. The third-order valence-corrected chi connectivity index (χ3v) is 6.67. The van der Waals surface area contributed by atoms with Crippen LogP contribution in [0.25, 0.3) is 0 Å². The minimum Gasteiger partial charge on any atom is -0.339 e. The summed E-state index contributed by atoms with van der Waals surface area (Å²) in [6, 6.07) is 2.67. The number of benzene rings is 1. The number of unbranched alkanes of at least 4 members (excludes halogenated alkanes) is 4. The largest absolute Gasteiger partial charge is 0.416 e.